The van der Waals surface area contributed by atoms with Crippen LogP contribution >= 0.6 is 0 Å². The number of aromatic nitrogens is 2. The lowest BCUT2D eigenvalue weighted by Gasteiger charge is -2.08. The smallest absolute Gasteiger partial charge is 0.322 e. The van der Waals surface area contributed by atoms with E-state index in [2.05, 4.69) is 15.5 Å². The van der Waals surface area contributed by atoms with E-state index in [1.165, 1.54) is 12.1 Å². The lowest BCUT2D eigenvalue weighted by atomic mass is 10.1. The van der Waals surface area contributed by atoms with Crippen LogP contribution in [0, 0.1) is 6.92 Å². The lowest BCUT2D eigenvalue weighted by Crippen LogP contribution is -2.14. The minimum Gasteiger partial charge on any atom is -0.403 e. The van der Waals surface area contributed by atoms with Crippen molar-refractivity contribution in [1.29, 1.82) is 0 Å². The number of carbonyl (C=O) groups excluding carboxylic acids is 1. The minimum absolute atomic E-state index is 0.0377. The highest BCUT2D eigenvalue weighted by atomic mass is 32.2. The van der Waals surface area contributed by atoms with Crippen molar-refractivity contribution in [3.63, 3.8) is 0 Å². The number of amides is 1. The first-order valence-corrected chi connectivity index (χ1v) is 10.3. The Balaban J connectivity index is 1.73. The number of hydrogen-bond donors (Lipinski definition) is 1. The van der Waals surface area contributed by atoms with E-state index < -0.39 is 15.1 Å². The molecular formula is C20H21N3O4S. The van der Waals surface area contributed by atoms with Gasteiger partial charge in [0.25, 0.3) is 0 Å². The van der Waals surface area contributed by atoms with E-state index in [9.17, 15) is 13.2 Å². The molecule has 1 amide bonds. The zero-order chi connectivity index (χ0) is 20.3. The predicted octanol–water partition coefficient (Wildman–Crippen LogP) is 3.41. The number of rotatable bonds is 6. The summed E-state index contributed by atoms with van der Waals surface area (Å²) in [5.41, 5.74) is 2.45. The van der Waals surface area contributed by atoms with Crippen molar-refractivity contribution < 1.29 is 17.6 Å². The Morgan fingerprint density at radius 3 is 2.50 bits per heavy atom. The number of hydrogen-bond acceptors (Lipinski definition) is 6. The van der Waals surface area contributed by atoms with E-state index in [1.807, 2.05) is 31.2 Å². The van der Waals surface area contributed by atoms with Gasteiger partial charge in [-0.25, -0.2) is 8.42 Å². The van der Waals surface area contributed by atoms with Gasteiger partial charge in [0, 0.05) is 5.56 Å². The molecule has 28 heavy (non-hydrogen) atoms. The normalized spacial score (nSPS) is 11.6. The highest BCUT2D eigenvalue weighted by molar-refractivity contribution is 7.92. The molecule has 1 N–H and O–H groups in total. The van der Waals surface area contributed by atoms with Crippen LogP contribution in [0.5, 0.6) is 0 Å². The molecule has 1 aromatic heterocycles. The fourth-order valence-electron chi connectivity index (χ4n) is 2.52. The molecule has 0 radical (unpaired) electrons. The first-order chi connectivity index (χ1) is 13.3. The molecule has 0 aliphatic carbocycles. The van der Waals surface area contributed by atoms with Crippen LogP contribution < -0.4 is 5.32 Å². The van der Waals surface area contributed by atoms with Crippen LogP contribution in [0.25, 0.3) is 11.5 Å². The molecule has 8 heteroatoms. The van der Waals surface area contributed by atoms with Crippen molar-refractivity contribution >= 4 is 21.8 Å². The maximum Gasteiger partial charge on any atom is 0.322 e. The van der Waals surface area contributed by atoms with Crippen molar-refractivity contribution in [1.82, 2.24) is 10.2 Å². The molecule has 0 unspecified atom stereocenters. The molecule has 0 saturated heterocycles. The first kappa shape index (κ1) is 19.8. The molecule has 0 atom stereocenters. The molecule has 0 fully saturated rings. The van der Waals surface area contributed by atoms with E-state index in [0.717, 1.165) is 11.1 Å². The van der Waals surface area contributed by atoms with Crippen LogP contribution in [0.15, 0.2) is 57.8 Å². The topological polar surface area (TPSA) is 102 Å². The second kappa shape index (κ2) is 7.93. The van der Waals surface area contributed by atoms with Gasteiger partial charge in [-0.2, -0.15) is 0 Å². The van der Waals surface area contributed by atoms with Crippen LogP contribution in [0.3, 0.4) is 0 Å². The summed E-state index contributed by atoms with van der Waals surface area (Å²) in [4.78, 5) is 12.3. The third-order valence-electron chi connectivity index (χ3n) is 4.19. The monoisotopic (exact) mass is 399 g/mol. The van der Waals surface area contributed by atoms with Gasteiger partial charge in [-0.1, -0.05) is 41.0 Å². The third-order valence-corrected chi connectivity index (χ3v) is 6.34. The average Bonchev–Trinajstić information content (AvgIpc) is 3.12. The number of sulfone groups is 1. The highest BCUT2D eigenvalue weighted by Crippen LogP contribution is 2.24. The van der Waals surface area contributed by atoms with Gasteiger partial charge in [-0.3, -0.25) is 10.1 Å². The maximum absolute atomic E-state index is 12.3. The Labute approximate surface area is 163 Å². The molecule has 0 aliphatic rings. The number of anilines is 1. The summed E-state index contributed by atoms with van der Waals surface area (Å²) in [6, 6.07) is 13.9. The average molecular weight is 399 g/mol. The van der Waals surface area contributed by atoms with Crippen LogP contribution in [0.4, 0.5) is 6.01 Å². The molecule has 0 spiro atoms. The fourth-order valence-corrected chi connectivity index (χ4v) is 3.63. The van der Waals surface area contributed by atoms with E-state index >= 15 is 0 Å². The van der Waals surface area contributed by atoms with E-state index in [-0.39, 0.29) is 29.1 Å². The maximum atomic E-state index is 12.3. The molecular weight excluding hydrogens is 378 g/mol. The van der Waals surface area contributed by atoms with Crippen LogP contribution in [0.1, 0.15) is 25.0 Å². The van der Waals surface area contributed by atoms with Crippen LogP contribution in [-0.4, -0.2) is 29.8 Å². The van der Waals surface area contributed by atoms with Gasteiger partial charge in [0.2, 0.25) is 11.8 Å². The Morgan fingerprint density at radius 1 is 1.11 bits per heavy atom. The summed E-state index contributed by atoms with van der Waals surface area (Å²) in [6.07, 6.45) is 0.181. The summed E-state index contributed by atoms with van der Waals surface area (Å²) >= 11 is 0. The standard InChI is InChI=1S/C20H21N3O4S/c1-13(2)28(25,26)17-6-4-5-16(12-17)19-22-23-20(27-19)21-18(24)11-15-9-7-14(3)8-10-15/h4-10,12-13H,11H2,1-3H3,(H,21,23,24). The zero-order valence-corrected chi connectivity index (χ0v) is 16.7. The second-order valence-corrected chi connectivity index (χ2v) is 9.25. The minimum atomic E-state index is -3.42. The number of nitrogens with zero attached hydrogens (tertiary/aromatic N) is 2. The van der Waals surface area contributed by atoms with Gasteiger partial charge in [0.1, 0.15) is 0 Å². The molecule has 146 valence electrons. The van der Waals surface area contributed by atoms with Gasteiger partial charge >= 0.3 is 6.01 Å². The molecule has 3 rings (SSSR count). The number of nitrogens with one attached hydrogen (secondary N) is 1. The van der Waals surface area contributed by atoms with Crippen molar-refractivity contribution in [2.24, 2.45) is 0 Å². The van der Waals surface area contributed by atoms with Crippen molar-refractivity contribution in [3.8, 4) is 11.5 Å². The Morgan fingerprint density at radius 2 is 1.82 bits per heavy atom. The molecule has 2 aromatic carbocycles. The van der Waals surface area contributed by atoms with Crippen LogP contribution in [-0.2, 0) is 21.1 Å². The summed E-state index contributed by atoms with van der Waals surface area (Å²) in [7, 11) is -3.42. The summed E-state index contributed by atoms with van der Waals surface area (Å²) in [5.74, 6) is -0.151. The van der Waals surface area contributed by atoms with Crippen molar-refractivity contribution in [2.45, 2.75) is 37.3 Å². The third kappa shape index (κ3) is 4.45. The van der Waals surface area contributed by atoms with Gasteiger partial charge in [0.05, 0.1) is 16.6 Å². The van der Waals surface area contributed by atoms with Gasteiger partial charge < -0.3 is 4.42 Å². The van der Waals surface area contributed by atoms with Crippen molar-refractivity contribution in [3.05, 3.63) is 59.7 Å². The highest BCUT2D eigenvalue weighted by Gasteiger charge is 2.20. The van der Waals surface area contributed by atoms with E-state index in [0.29, 0.717) is 5.56 Å². The Bertz CT molecular complexity index is 1090. The van der Waals surface area contributed by atoms with Crippen molar-refractivity contribution in [2.75, 3.05) is 5.32 Å². The number of benzene rings is 2. The van der Waals surface area contributed by atoms with Crippen LogP contribution in [0.2, 0.25) is 0 Å². The summed E-state index contributed by atoms with van der Waals surface area (Å²) in [5, 5.41) is 9.74. The van der Waals surface area contributed by atoms with E-state index in [1.54, 1.807) is 26.0 Å². The Kier molecular flexibility index (Phi) is 5.60. The Hall–Kier alpha value is -3.00. The van der Waals surface area contributed by atoms with Gasteiger partial charge in [-0.15, -0.1) is 5.10 Å². The largest absolute Gasteiger partial charge is 0.403 e. The molecule has 0 aliphatic heterocycles. The van der Waals surface area contributed by atoms with Gasteiger partial charge in [0.15, 0.2) is 9.84 Å². The molecule has 3 aromatic rings. The number of aryl methyl sites for hydroxylation is 1. The number of carbonyl (C=O) groups is 1. The second-order valence-electron chi connectivity index (χ2n) is 6.74. The summed E-state index contributed by atoms with van der Waals surface area (Å²) < 4.78 is 30.2. The molecule has 1 heterocycles. The molecule has 7 nitrogen and oxygen atoms in total. The molecule has 0 bridgehead atoms. The predicted molar refractivity (Wildman–Crippen MR) is 106 cm³/mol. The quantitative estimate of drug-likeness (QED) is 0.681. The zero-order valence-electron chi connectivity index (χ0n) is 15.8. The fraction of sp³-hybridized carbons (Fsp3) is 0.250. The van der Waals surface area contributed by atoms with Gasteiger partial charge in [-0.05, 0) is 44.5 Å². The first-order valence-electron chi connectivity index (χ1n) is 8.79. The molecule has 0 saturated carbocycles. The van der Waals surface area contributed by atoms with E-state index in [4.69, 9.17) is 4.42 Å². The summed E-state index contributed by atoms with van der Waals surface area (Å²) in [6.45, 7) is 5.22. The lowest BCUT2D eigenvalue weighted by molar-refractivity contribution is -0.115. The SMILES string of the molecule is Cc1ccc(CC(=O)Nc2nnc(-c3cccc(S(=O)(=O)C(C)C)c3)o2)cc1.